The van der Waals surface area contributed by atoms with Crippen molar-refractivity contribution in [2.75, 3.05) is 14.2 Å². The zero-order chi connectivity index (χ0) is 11.3. The van der Waals surface area contributed by atoms with Gasteiger partial charge in [-0.3, -0.25) is 4.79 Å². The first-order valence-corrected chi connectivity index (χ1v) is 5.57. The summed E-state index contributed by atoms with van der Waals surface area (Å²) in [6.07, 6.45) is 0. The quantitative estimate of drug-likeness (QED) is 0.796. The van der Waals surface area contributed by atoms with Gasteiger partial charge in [0.25, 0.3) is 0 Å². The van der Waals surface area contributed by atoms with Crippen LogP contribution in [0.4, 0.5) is 0 Å². The number of nitrogens with one attached hydrogen (secondary N) is 1. The van der Waals surface area contributed by atoms with E-state index in [0.717, 1.165) is 10.6 Å². The summed E-state index contributed by atoms with van der Waals surface area (Å²) >= 11 is 1.53. The van der Waals surface area contributed by atoms with Crippen molar-refractivity contribution in [3.63, 3.8) is 0 Å². The second kappa shape index (κ2) is 5.66. The molecule has 1 amide bonds. The average molecular weight is 225 g/mol. The zero-order valence-electron chi connectivity index (χ0n) is 9.11. The second-order valence-electron chi connectivity index (χ2n) is 3.05. The van der Waals surface area contributed by atoms with E-state index in [0.29, 0.717) is 0 Å². The standard InChI is InChI=1S/C11H15NO2S/c1-8(11(13)12-2)15-10-6-4-9(14-3)5-7-10/h4-8H,1-3H3,(H,12,13)/t8-/m0/s1. The normalized spacial score (nSPS) is 11.9. The third-order valence-corrected chi connectivity index (χ3v) is 3.10. The van der Waals surface area contributed by atoms with Crippen LogP contribution < -0.4 is 10.1 Å². The van der Waals surface area contributed by atoms with Crippen LogP contribution in [0.25, 0.3) is 0 Å². The van der Waals surface area contributed by atoms with Crippen LogP contribution in [0.5, 0.6) is 5.75 Å². The first-order valence-electron chi connectivity index (χ1n) is 4.69. The Hall–Kier alpha value is -1.16. The molecule has 0 radical (unpaired) electrons. The maximum Gasteiger partial charge on any atom is 0.232 e. The molecule has 0 aliphatic carbocycles. The maximum atomic E-state index is 11.3. The fourth-order valence-electron chi connectivity index (χ4n) is 1.12. The Labute approximate surface area is 94.2 Å². The van der Waals surface area contributed by atoms with Crippen LogP contribution >= 0.6 is 11.8 Å². The van der Waals surface area contributed by atoms with Gasteiger partial charge >= 0.3 is 0 Å². The van der Waals surface area contributed by atoms with Crippen molar-refractivity contribution in [3.05, 3.63) is 24.3 Å². The number of ether oxygens (including phenoxy) is 1. The molecule has 0 fully saturated rings. The minimum absolute atomic E-state index is 0.0378. The lowest BCUT2D eigenvalue weighted by molar-refractivity contribution is -0.119. The molecule has 0 aliphatic heterocycles. The van der Waals surface area contributed by atoms with Crippen LogP contribution in [0.2, 0.25) is 0 Å². The zero-order valence-corrected chi connectivity index (χ0v) is 9.93. The molecule has 1 rings (SSSR count). The second-order valence-corrected chi connectivity index (χ2v) is 4.46. The number of hydrogen-bond acceptors (Lipinski definition) is 3. The molecule has 0 saturated carbocycles. The molecule has 1 N–H and O–H groups in total. The lowest BCUT2D eigenvalue weighted by Gasteiger charge is -2.09. The highest BCUT2D eigenvalue weighted by Gasteiger charge is 2.11. The molecule has 1 aromatic carbocycles. The van der Waals surface area contributed by atoms with E-state index in [4.69, 9.17) is 4.74 Å². The van der Waals surface area contributed by atoms with Crippen molar-refractivity contribution in [2.24, 2.45) is 0 Å². The molecule has 3 nitrogen and oxygen atoms in total. The van der Waals surface area contributed by atoms with Crippen molar-refractivity contribution in [2.45, 2.75) is 17.1 Å². The topological polar surface area (TPSA) is 38.3 Å². The van der Waals surface area contributed by atoms with E-state index in [-0.39, 0.29) is 11.2 Å². The number of hydrogen-bond donors (Lipinski definition) is 1. The number of thioether (sulfide) groups is 1. The molecule has 1 atom stereocenters. The summed E-state index contributed by atoms with van der Waals surface area (Å²) < 4.78 is 5.05. The minimum atomic E-state index is -0.0802. The highest BCUT2D eigenvalue weighted by molar-refractivity contribution is 8.00. The Morgan fingerprint density at radius 3 is 2.47 bits per heavy atom. The Balaban J connectivity index is 2.60. The first-order chi connectivity index (χ1) is 7.17. The maximum absolute atomic E-state index is 11.3. The molecule has 1 aromatic rings. The molecular formula is C11H15NO2S. The number of rotatable bonds is 4. The fraction of sp³-hybridized carbons (Fsp3) is 0.364. The summed E-state index contributed by atoms with van der Waals surface area (Å²) in [5.74, 6) is 0.864. The third kappa shape index (κ3) is 3.47. The van der Waals surface area contributed by atoms with Gasteiger partial charge in [-0.1, -0.05) is 0 Å². The predicted molar refractivity (Wildman–Crippen MR) is 62.4 cm³/mol. The van der Waals surface area contributed by atoms with Gasteiger partial charge in [-0.25, -0.2) is 0 Å². The SMILES string of the molecule is CNC(=O)[C@H](C)Sc1ccc(OC)cc1. The lowest BCUT2D eigenvalue weighted by Crippen LogP contribution is -2.27. The summed E-state index contributed by atoms with van der Waals surface area (Å²) in [6, 6.07) is 7.67. The van der Waals surface area contributed by atoms with E-state index in [9.17, 15) is 4.79 Å². The molecule has 0 aliphatic rings. The van der Waals surface area contributed by atoms with Crippen LogP contribution in [0.15, 0.2) is 29.2 Å². The van der Waals surface area contributed by atoms with Crippen molar-refractivity contribution in [1.82, 2.24) is 5.32 Å². The van der Waals surface area contributed by atoms with Gasteiger partial charge in [0.15, 0.2) is 0 Å². The first kappa shape index (κ1) is 11.9. The number of carbonyl (C=O) groups excluding carboxylic acids is 1. The Bertz CT molecular complexity index is 324. The number of methoxy groups -OCH3 is 1. The molecule has 0 spiro atoms. The Kier molecular flexibility index (Phi) is 4.49. The van der Waals surface area contributed by atoms with Crippen molar-refractivity contribution < 1.29 is 9.53 Å². The molecule has 0 bridgehead atoms. The van der Waals surface area contributed by atoms with E-state index in [1.807, 2.05) is 31.2 Å². The molecule has 0 aromatic heterocycles. The summed E-state index contributed by atoms with van der Waals surface area (Å²) in [5, 5.41) is 2.54. The molecule has 15 heavy (non-hydrogen) atoms. The number of carbonyl (C=O) groups is 1. The van der Waals surface area contributed by atoms with E-state index in [1.165, 1.54) is 11.8 Å². The van der Waals surface area contributed by atoms with E-state index < -0.39 is 0 Å². The molecule has 4 heteroatoms. The van der Waals surface area contributed by atoms with Crippen LogP contribution in [0, 0.1) is 0 Å². The van der Waals surface area contributed by atoms with Crippen molar-refractivity contribution >= 4 is 17.7 Å². The predicted octanol–water partition coefficient (Wildman–Crippen LogP) is 1.92. The smallest absolute Gasteiger partial charge is 0.232 e. The lowest BCUT2D eigenvalue weighted by atomic mass is 10.3. The molecule has 82 valence electrons. The number of benzene rings is 1. The van der Waals surface area contributed by atoms with Gasteiger partial charge in [0, 0.05) is 11.9 Å². The molecule has 0 heterocycles. The largest absolute Gasteiger partial charge is 0.497 e. The minimum Gasteiger partial charge on any atom is -0.497 e. The highest BCUT2D eigenvalue weighted by Crippen LogP contribution is 2.25. The van der Waals surface area contributed by atoms with E-state index in [2.05, 4.69) is 5.32 Å². The Morgan fingerprint density at radius 1 is 1.40 bits per heavy atom. The summed E-state index contributed by atoms with van der Waals surface area (Å²) in [5.41, 5.74) is 0. The average Bonchev–Trinajstić information content (AvgIpc) is 2.29. The monoisotopic (exact) mass is 225 g/mol. The van der Waals surface area contributed by atoms with Gasteiger partial charge < -0.3 is 10.1 Å². The van der Waals surface area contributed by atoms with Gasteiger partial charge in [0.05, 0.1) is 12.4 Å². The summed E-state index contributed by atoms with van der Waals surface area (Å²) in [7, 11) is 3.28. The van der Waals surface area contributed by atoms with Crippen LogP contribution in [0.3, 0.4) is 0 Å². The Morgan fingerprint density at radius 2 is 2.00 bits per heavy atom. The third-order valence-electron chi connectivity index (χ3n) is 1.99. The van der Waals surface area contributed by atoms with Crippen LogP contribution in [-0.2, 0) is 4.79 Å². The molecular weight excluding hydrogens is 210 g/mol. The summed E-state index contributed by atoms with van der Waals surface area (Å²) in [6.45, 7) is 1.88. The number of amides is 1. The molecule has 0 saturated heterocycles. The van der Waals surface area contributed by atoms with Crippen molar-refractivity contribution in [1.29, 1.82) is 0 Å². The molecule has 0 unspecified atom stereocenters. The van der Waals surface area contributed by atoms with Gasteiger partial charge in [-0.05, 0) is 31.2 Å². The van der Waals surface area contributed by atoms with Crippen LogP contribution in [0.1, 0.15) is 6.92 Å². The van der Waals surface area contributed by atoms with Gasteiger partial charge in [-0.2, -0.15) is 0 Å². The van der Waals surface area contributed by atoms with Crippen LogP contribution in [-0.4, -0.2) is 25.3 Å². The fourth-order valence-corrected chi connectivity index (χ4v) is 2.04. The van der Waals surface area contributed by atoms with Gasteiger partial charge in [-0.15, -0.1) is 11.8 Å². The van der Waals surface area contributed by atoms with Crippen molar-refractivity contribution in [3.8, 4) is 5.75 Å². The highest BCUT2D eigenvalue weighted by atomic mass is 32.2. The van der Waals surface area contributed by atoms with Gasteiger partial charge in [0.2, 0.25) is 5.91 Å². The summed E-state index contributed by atoms with van der Waals surface area (Å²) in [4.78, 5) is 12.3. The van der Waals surface area contributed by atoms with E-state index in [1.54, 1.807) is 14.2 Å². The van der Waals surface area contributed by atoms with E-state index >= 15 is 0 Å². The van der Waals surface area contributed by atoms with Gasteiger partial charge in [0.1, 0.15) is 5.75 Å².